The molecule has 2 aromatic heterocycles. The Labute approximate surface area is 124 Å². The maximum Gasteiger partial charge on any atom is 0.261 e. The number of nitrogens with zero attached hydrogens (tertiary/aromatic N) is 5. The summed E-state index contributed by atoms with van der Waals surface area (Å²) >= 11 is 0. The van der Waals surface area contributed by atoms with Crippen LogP contribution in [0.3, 0.4) is 0 Å². The van der Waals surface area contributed by atoms with Crippen molar-refractivity contribution >= 4 is 0 Å². The summed E-state index contributed by atoms with van der Waals surface area (Å²) < 4.78 is 7.32. The van der Waals surface area contributed by atoms with Gasteiger partial charge in [0.1, 0.15) is 0 Å². The summed E-state index contributed by atoms with van der Waals surface area (Å²) in [6.07, 6.45) is 0. The van der Waals surface area contributed by atoms with E-state index in [-0.39, 0.29) is 6.04 Å². The molecule has 1 fully saturated rings. The maximum atomic E-state index is 5.48. The van der Waals surface area contributed by atoms with E-state index in [2.05, 4.69) is 32.4 Å². The second-order valence-corrected chi connectivity index (χ2v) is 5.59. The average Bonchev–Trinajstić information content (AvgIpc) is 3.05. The highest BCUT2D eigenvalue weighted by Gasteiger charge is 2.24. The first-order valence-electron chi connectivity index (χ1n) is 7.37. The van der Waals surface area contributed by atoms with Gasteiger partial charge in [0.15, 0.2) is 5.82 Å². The van der Waals surface area contributed by atoms with E-state index in [0.717, 1.165) is 49.0 Å². The van der Waals surface area contributed by atoms with Crippen molar-refractivity contribution in [2.75, 3.05) is 26.2 Å². The zero-order valence-electron chi connectivity index (χ0n) is 13.1. The number of rotatable bonds is 3. The normalized spacial score (nSPS) is 18.1. The van der Waals surface area contributed by atoms with Crippen LogP contribution < -0.4 is 5.32 Å². The number of piperazine rings is 1. The van der Waals surface area contributed by atoms with Gasteiger partial charge in [0.25, 0.3) is 5.89 Å². The summed E-state index contributed by atoms with van der Waals surface area (Å²) in [4.78, 5) is 6.97. The second kappa shape index (κ2) is 5.57. The molecule has 3 heterocycles. The lowest BCUT2D eigenvalue weighted by atomic mass is 10.2. The monoisotopic (exact) mass is 290 g/mol. The van der Waals surface area contributed by atoms with Crippen LogP contribution in [0.25, 0.3) is 11.5 Å². The van der Waals surface area contributed by atoms with E-state index in [9.17, 15) is 0 Å². The highest BCUT2D eigenvalue weighted by Crippen LogP contribution is 2.27. The Morgan fingerprint density at radius 2 is 1.95 bits per heavy atom. The van der Waals surface area contributed by atoms with E-state index in [1.165, 1.54) is 0 Å². The first-order valence-corrected chi connectivity index (χ1v) is 7.37. The summed E-state index contributed by atoms with van der Waals surface area (Å²) in [5.74, 6) is 1.31. The Morgan fingerprint density at radius 1 is 1.24 bits per heavy atom. The molecule has 0 amide bonds. The molecule has 1 aliphatic rings. The van der Waals surface area contributed by atoms with E-state index in [0.29, 0.717) is 5.89 Å². The minimum atomic E-state index is 0.168. The second-order valence-electron chi connectivity index (χ2n) is 5.59. The van der Waals surface area contributed by atoms with Crippen LogP contribution in [0.5, 0.6) is 0 Å². The summed E-state index contributed by atoms with van der Waals surface area (Å²) in [5, 5.41) is 11.9. The molecule has 1 unspecified atom stereocenters. The summed E-state index contributed by atoms with van der Waals surface area (Å²) in [6.45, 7) is 10.1. The van der Waals surface area contributed by atoms with Gasteiger partial charge < -0.3 is 9.84 Å². The fourth-order valence-electron chi connectivity index (χ4n) is 2.82. The zero-order valence-corrected chi connectivity index (χ0v) is 13.1. The lowest BCUT2D eigenvalue weighted by Gasteiger charge is -2.30. The fourth-order valence-corrected chi connectivity index (χ4v) is 2.82. The van der Waals surface area contributed by atoms with Gasteiger partial charge in [0.2, 0.25) is 0 Å². The number of aryl methyl sites for hydroxylation is 2. The highest BCUT2D eigenvalue weighted by atomic mass is 16.5. The Bertz CT molecular complexity index is 625. The van der Waals surface area contributed by atoms with Gasteiger partial charge in [-0.25, -0.2) is 0 Å². The quantitative estimate of drug-likeness (QED) is 0.911. The van der Waals surface area contributed by atoms with E-state index in [1.807, 2.05) is 25.6 Å². The van der Waals surface area contributed by atoms with Gasteiger partial charge in [-0.1, -0.05) is 5.16 Å². The molecule has 21 heavy (non-hydrogen) atoms. The van der Waals surface area contributed by atoms with Gasteiger partial charge in [-0.05, 0) is 20.8 Å². The Morgan fingerprint density at radius 3 is 2.57 bits per heavy atom. The third-order valence-corrected chi connectivity index (χ3v) is 4.24. The molecule has 2 aromatic rings. The summed E-state index contributed by atoms with van der Waals surface area (Å²) in [6, 6.07) is 0.168. The smallest absolute Gasteiger partial charge is 0.261 e. The van der Waals surface area contributed by atoms with E-state index in [1.54, 1.807) is 0 Å². The molecule has 0 spiro atoms. The van der Waals surface area contributed by atoms with Crippen LogP contribution >= 0.6 is 0 Å². The van der Waals surface area contributed by atoms with Crippen LogP contribution in [0.2, 0.25) is 0 Å². The largest absolute Gasteiger partial charge is 0.334 e. The van der Waals surface area contributed by atoms with Gasteiger partial charge in [-0.2, -0.15) is 10.1 Å². The van der Waals surface area contributed by atoms with Crippen molar-refractivity contribution in [1.29, 1.82) is 0 Å². The zero-order chi connectivity index (χ0) is 15.0. The molecule has 0 bridgehead atoms. The third kappa shape index (κ3) is 2.58. The Hall–Kier alpha value is -1.73. The SMILES string of the molecule is Cc1nn(C)c(C)c1-c1nc(C(C)N2CCNCC2)no1. The summed E-state index contributed by atoms with van der Waals surface area (Å²) in [7, 11) is 1.92. The molecule has 7 heteroatoms. The van der Waals surface area contributed by atoms with Crippen molar-refractivity contribution in [2.24, 2.45) is 7.05 Å². The van der Waals surface area contributed by atoms with Gasteiger partial charge >= 0.3 is 0 Å². The molecule has 1 aliphatic heterocycles. The Kier molecular flexibility index (Phi) is 3.77. The molecule has 0 radical (unpaired) electrons. The Balaban J connectivity index is 1.85. The highest BCUT2D eigenvalue weighted by molar-refractivity contribution is 5.59. The molecular formula is C14H22N6O. The van der Waals surface area contributed by atoms with E-state index >= 15 is 0 Å². The van der Waals surface area contributed by atoms with E-state index < -0.39 is 0 Å². The van der Waals surface area contributed by atoms with Crippen molar-refractivity contribution < 1.29 is 4.52 Å². The summed E-state index contributed by atoms with van der Waals surface area (Å²) in [5.41, 5.74) is 2.90. The minimum Gasteiger partial charge on any atom is -0.334 e. The van der Waals surface area contributed by atoms with Crippen LogP contribution in [0, 0.1) is 13.8 Å². The number of aromatic nitrogens is 4. The minimum absolute atomic E-state index is 0.168. The topological polar surface area (TPSA) is 72.0 Å². The number of hydrogen-bond acceptors (Lipinski definition) is 6. The van der Waals surface area contributed by atoms with Gasteiger partial charge in [0, 0.05) is 38.9 Å². The molecule has 0 saturated carbocycles. The third-order valence-electron chi connectivity index (χ3n) is 4.24. The van der Waals surface area contributed by atoms with Crippen LogP contribution in [0.1, 0.15) is 30.2 Å². The molecular weight excluding hydrogens is 268 g/mol. The van der Waals surface area contributed by atoms with Crippen molar-refractivity contribution in [1.82, 2.24) is 30.1 Å². The first-order chi connectivity index (χ1) is 10.1. The molecule has 1 saturated heterocycles. The van der Waals surface area contributed by atoms with Gasteiger partial charge in [0.05, 0.1) is 17.3 Å². The molecule has 1 atom stereocenters. The lowest BCUT2D eigenvalue weighted by molar-refractivity contribution is 0.176. The van der Waals surface area contributed by atoms with Crippen LogP contribution in [0.4, 0.5) is 0 Å². The van der Waals surface area contributed by atoms with Crippen LogP contribution in [-0.4, -0.2) is 51.0 Å². The molecule has 114 valence electrons. The van der Waals surface area contributed by atoms with Crippen molar-refractivity contribution in [3.05, 3.63) is 17.2 Å². The van der Waals surface area contributed by atoms with Crippen LogP contribution in [0.15, 0.2) is 4.52 Å². The number of nitrogens with one attached hydrogen (secondary N) is 1. The maximum absolute atomic E-state index is 5.48. The predicted octanol–water partition coefficient (Wildman–Crippen LogP) is 1.05. The van der Waals surface area contributed by atoms with Crippen LogP contribution in [-0.2, 0) is 7.05 Å². The van der Waals surface area contributed by atoms with Crippen molar-refractivity contribution in [3.8, 4) is 11.5 Å². The fraction of sp³-hybridized carbons (Fsp3) is 0.643. The van der Waals surface area contributed by atoms with Crippen molar-refractivity contribution in [3.63, 3.8) is 0 Å². The van der Waals surface area contributed by atoms with Gasteiger partial charge in [-0.3, -0.25) is 9.58 Å². The molecule has 0 aliphatic carbocycles. The first kappa shape index (κ1) is 14.2. The number of hydrogen-bond donors (Lipinski definition) is 1. The predicted molar refractivity (Wildman–Crippen MR) is 78.8 cm³/mol. The lowest BCUT2D eigenvalue weighted by Crippen LogP contribution is -2.44. The standard InChI is InChI=1S/C14H22N6O/c1-9-12(10(2)19(4)17-9)14-16-13(18-21-14)11(3)20-7-5-15-6-8-20/h11,15H,5-8H2,1-4H3. The van der Waals surface area contributed by atoms with E-state index in [4.69, 9.17) is 4.52 Å². The average molecular weight is 290 g/mol. The molecule has 7 nitrogen and oxygen atoms in total. The van der Waals surface area contributed by atoms with Gasteiger partial charge in [-0.15, -0.1) is 0 Å². The molecule has 1 N–H and O–H groups in total. The van der Waals surface area contributed by atoms with Crippen molar-refractivity contribution in [2.45, 2.75) is 26.8 Å². The molecule has 0 aromatic carbocycles. The molecule has 3 rings (SSSR count).